The molecule has 0 aliphatic carbocycles. The Bertz CT molecular complexity index is 664. The number of fused-ring (bicyclic) bond motifs is 1. The third-order valence-corrected chi connectivity index (χ3v) is 4.60. The second-order valence-electron chi connectivity index (χ2n) is 4.27. The van der Waals surface area contributed by atoms with Gasteiger partial charge in [-0.05, 0) is 45.8 Å². The van der Waals surface area contributed by atoms with Gasteiger partial charge in [-0.1, -0.05) is 29.3 Å². The van der Waals surface area contributed by atoms with Gasteiger partial charge in [0.1, 0.15) is 0 Å². The van der Waals surface area contributed by atoms with Gasteiger partial charge in [-0.25, -0.2) is 0 Å². The normalized spacial score (nSPS) is 12.6. The van der Waals surface area contributed by atoms with Crippen molar-refractivity contribution in [1.29, 1.82) is 0 Å². The van der Waals surface area contributed by atoms with Crippen LogP contribution in [0.2, 0.25) is 10.0 Å². The number of ether oxygens (including phenoxy) is 2. The van der Waals surface area contributed by atoms with Crippen molar-refractivity contribution in [2.45, 2.75) is 6.54 Å². The number of anilines is 1. The van der Waals surface area contributed by atoms with Crippen LogP contribution in [0.4, 0.5) is 5.69 Å². The van der Waals surface area contributed by atoms with Crippen molar-refractivity contribution in [3.8, 4) is 11.5 Å². The Balaban J connectivity index is 1.79. The monoisotopic (exact) mass is 373 g/mol. The molecule has 0 saturated heterocycles. The van der Waals surface area contributed by atoms with E-state index >= 15 is 0 Å². The van der Waals surface area contributed by atoms with Crippen molar-refractivity contribution in [2.75, 3.05) is 12.1 Å². The van der Waals surface area contributed by atoms with Crippen LogP contribution >= 0.6 is 39.1 Å². The Kier molecular flexibility index (Phi) is 3.96. The zero-order valence-electron chi connectivity index (χ0n) is 10.3. The van der Waals surface area contributed by atoms with Crippen LogP contribution in [0.5, 0.6) is 11.5 Å². The average Bonchev–Trinajstić information content (AvgIpc) is 2.89. The van der Waals surface area contributed by atoms with E-state index in [0.717, 1.165) is 15.7 Å². The van der Waals surface area contributed by atoms with Crippen LogP contribution in [-0.2, 0) is 6.54 Å². The van der Waals surface area contributed by atoms with Crippen molar-refractivity contribution in [2.24, 2.45) is 0 Å². The van der Waals surface area contributed by atoms with E-state index in [1.54, 1.807) is 0 Å². The predicted molar refractivity (Wildman–Crippen MR) is 84.1 cm³/mol. The van der Waals surface area contributed by atoms with Crippen molar-refractivity contribution in [3.05, 3.63) is 50.4 Å². The molecule has 3 rings (SSSR count). The lowest BCUT2D eigenvalue weighted by Crippen LogP contribution is -2.00. The van der Waals surface area contributed by atoms with Crippen LogP contribution in [0.3, 0.4) is 0 Å². The smallest absolute Gasteiger partial charge is 0.231 e. The Morgan fingerprint density at radius 1 is 1.15 bits per heavy atom. The molecular formula is C14H10BrCl2NO2. The lowest BCUT2D eigenvalue weighted by Gasteiger charge is -2.10. The van der Waals surface area contributed by atoms with Crippen LogP contribution in [0.25, 0.3) is 0 Å². The fourth-order valence-corrected chi connectivity index (χ4v) is 2.83. The summed E-state index contributed by atoms with van der Waals surface area (Å²) in [4.78, 5) is 0. The largest absolute Gasteiger partial charge is 0.454 e. The molecule has 0 unspecified atom stereocenters. The van der Waals surface area contributed by atoms with Crippen LogP contribution in [0.15, 0.2) is 34.8 Å². The topological polar surface area (TPSA) is 30.5 Å². The SMILES string of the molecule is Clc1cccc(NCc2cc(Cl)c3c(c2)OCO3)c1Br. The second kappa shape index (κ2) is 5.72. The molecule has 3 nitrogen and oxygen atoms in total. The summed E-state index contributed by atoms with van der Waals surface area (Å²) in [7, 11) is 0. The summed E-state index contributed by atoms with van der Waals surface area (Å²) in [6, 6.07) is 9.45. The first kappa shape index (κ1) is 13.9. The Morgan fingerprint density at radius 3 is 2.85 bits per heavy atom. The fourth-order valence-electron chi connectivity index (χ4n) is 1.96. The molecule has 2 aromatic carbocycles. The minimum atomic E-state index is 0.214. The minimum Gasteiger partial charge on any atom is -0.454 e. The lowest BCUT2D eigenvalue weighted by molar-refractivity contribution is 0.174. The highest BCUT2D eigenvalue weighted by atomic mass is 79.9. The first-order valence-corrected chi connectivity index (χ1v) is 7.46. The number of benzene rings is 2. The molecular weight excluding hydrogens is 365 g/mol. The predicted octanol–water partition coefficient (Wildman–Crippen LogP) is 5.10. The van der Waals surface area contributed by atoms with E-state index in [4.69, 9.17) is 32.7 Å². The van der Waals surface area contributed by atoms with Crippen LogP contribution in [-0.4, -0.2) is 6.79 Å². The maximum absolute atomic E-state index is 6.15. The highest BCUT2D eigenvalue weighted by Crippen LogP contribution is 2.40. The van der Waals surface area contributed by atoms with Gasteiger partial charge in [0.2, 0.25) is 6.79 Å². The number of halogens is 3. The first-order chi connectivity index (χ1) is 9.65. The molecule has 0 spiro atoms. The molecule has 2 aromatic rings. The van der Waals surface area contributed by atoms with E-state index in [9.17, 15) is 0 Å². The zero-order valence-corrected chi connectivity index (χ0v) is 13.3. The van der Waals surface area contributed by atoms with E-state index in [-0.39, 0.29) is 6.79 Å². The lowest BCUT2D eigenvalue weighted by atomic mass is 10.2. The van der Waals surface area contributed by atoms with E-state index in [0.29, 0.717) is 28.1 Å². The highest BCUT2D eigenvalue weighted by Gasteiger charge is 2.18. The summed E-state index contributed by atoms with van der Waals surface area (Å²) < 4.78 is 11.5. The van der Waals surface area contributed by atoms with Gasteiger partial charge < -0.3 is 14.8 Å². The molecule has 1 aliphatic heterocycles. The van der Waals surface area contributed by atoms with Gasteiger partial charge in [0.05, 0.1) is 20.2 Å². The van der Waals surface area contributed by atoms with E-state index in [1.807, 2.05) is 30.3 Å². The summed E-state index contributed by atoms with van der Waals surface area (Å²) in [5.74, 6) is 1.29. The van der Waals surface area contributed by atoms with Crippen LogP contribution in [0.1, 0.15) is 5.56 Å². The van der Waals surface area contributed by atoms with Crippen LogP contribution in [0, 0.1) is 0 Å². The third-order valence-electron chi connectivity index (χ3n) is 2.92. The van der Waals surface area contributed by atoms with Crippen LogP contribution < -0.4 is 14.8 Å². The third kappa shape index (κ3) is 2.68. The summed E-state index contributed by atoms with van der Waals surface area (Å²) >= 11 is 15.7. The number of hydrogen-bond donors (Lipinski definition) is 1. The Hall–Kier alpha value is -1.10. The van der Waals surface area contributed by atoms with Gasteiger partial charge in [0.15, 0.2) is 11.5 Å². The average molecular weight is 375 g/mol. The van der Waals surface area contributed by atoms with Gasteiger partial charge in [-0.15, -0.1) is 0 Å². The maximum atomic E-state index is 6.15. The van der Waals surface area contributed by atoms with Crippen molar-refractivity contribution in [1.82, 2.24) is 0 Å². The number of hydrogen-bond acceptors (Lipinski definition) is 3. The molecule has 0 aromatic heterocycles. The van der Waals surface area contributed by atoms with Gasteiger partial charge in [-0.2, -0.15) is 0 Å². The quantitative estimate of drug-likeness (QED) is 0.810. The molecule has 0 radical (unpaired) electrons. The molecule has 1 N–H and O–H groups in total. The molecule has 0 fully saturated rings. The van der Waals surface area contributed by atoms with Gasteiger partial charge in [0, 0.05) is 6.54 Å². The Labute approximate surface area is 134 Å². The highest BCUT2D eigenvalue weighted by molar-refractivity contribution is 9.10. The van der Waals surface area contributed by atoms with Crippen molar-refractivity contribution in [3.63, 3.8) is 0 Å². The zero-order chi connectivity index (χ0) is 14.1. The standard InChI is InChI=1S/C14H10BrCl2NO2/c15-13-9(16)2-1-3-11(13)18-6-8-4-10(17)14-12(5-8)19-7-20-14/h1-5,18H,6-7H2. The fraction of sp³-hybridized carbons (Fsp3) is 0.143. The molecule has 0 amide bonds. The second-order valence-corrected chi connectivity index (χ2v) is 5.87. The molecule has 1 heterocycles. The number of nitrogens with one attached hydrogen (secondary N) is 1. The Morgan fingerprint density at radius 2 is 2.00 bits per heavy atom. The summed E-state index contributed by atoms with van der Waals surface area (Å²) in [6.07, 6.45) is 0. The molecule has 6 heteroatoms. The van der Waals surface area contributed by atoms with E-state index in [1.165, 1.54) is 0 Å². The number of rotatable bonds is 3. The summed E-state index contributed by atoms with van der Waals surface area (Å²) in [6.45, 7) is 0.821. The molecule has 0 bridgehead atoms. The maximum Gasteiger partial charge on any atom is 0.231 e. The van der Waals surface area contributed by atoms with Gasteiger partial charge in [-0.3, -0.25) is 0 Å². The minimum absolute atomic E-state index is 0.214. The molecule has 1 aliphatic rings. The molecule has 104 valence electrons. The molecule has 0 saturated carbocycles. The summed E-state index contributed by atoms with van der Waals surface area (Å²) in [5, 5.41) is 4.52. The molecule has 0 atom stereocenters. The van der Waals surface area contributed by atoms with Gasteiger partial charge in [0.25, 0.3) is 0 Å². The first-order valence-electron chi connectivity index (χ1n) is 5.91. The molecule has 20 heavy (non-hydrogen) atoms. The van der Waals surface area contributed by atoms with Gasteiger partial charge >= 0.3 is 0 Å². The van der Waals surface area contributed by atoms with E-state index in [2.05, 4.69) is 21.2 Å². The van der Waals surface area contributed by atoms with Crippen molar-refractivity contribution >= 4 is 44.8 Å². The van der Waals surface area contributed by atoms with Crippen molar-refractivity contribution < 1.29 is 9.47 Å². The summed E-state index contributed by atoms with van der Waals surface area (Å²) in [5.41, 5.74) is 1.93. The van der Waals surface area contributed by atoms with E-state index < -0.39 is 0 Å².